The summed E-state index contributed by atoms with van der Waals surface area (Å²) in [7, 11) is 0. The Morgan fingerprint density at radius 3 is 2.49 bits per heavy atom. The van der Waals surface area contributed by atoms with E-state index in [-0.39, 0.29) is 11.1 Å². The zero-order valence-electron chi connectivity index (χ0n) is 23.3. The van der Waals surface area contributed by atoms with Crippen molar-refractivity contribution in [3.8, 4) is 28.2 Å². The number of tetrazole rings is 1. The van der Waals surface area contributed by atoms with E-state index >= 15 is 0 Å². The molecule has 8 heteroatoms. The fourth-order valence-electron chi connectivity index (χ4n) is 5.08. The number of nitrogens with one attached hydrogen (secondary N) is 1. The Hall–Kier alpha value is -4.33. The normalized spacial score (nSPS) is 11.7. The highest BCUT2D eigenvalue weighted by molar-refractivity contribution is 5.79. The smallest absolute Gasteiger partial charge is 0.292 e. The van der Waals surface area contributed by atoms with Gasteiger partial charge in [-0.3, -0.25) is 14.1 Å². The predicted octanol–water partition coefficient (Wildman–Crippen LogP) is 5.88. The molecule has 2 aromatic carbocycles. The Bertz CT molecular complexity index is 1620. The molecule has 3 heterocycles. The number of aromatic nitrogens is 7. The highest BCUT2D eigenvalue weighted by Crippen LogP contribution is 2.31. The maximum Gasteiger partial charge on any atom is 0.333 e. The van der Waals surface area contributed by atoms with Crippen LogP contribution in [0.15, 0.2) is 71.9 Å². The van der Waals surface area contributed by atoms with Gasteiger partial charge in [0.15, 0.2) is 5.82 Å². The Labute approximate surface area is 228 Å². The number of nitrogens with zero attached hydrogens (tertiary/aromatic N) is 6. The van der Waals surface area contributed by atoms with Gasteiger partial charge in [0.25, 0.3) is 0 Å². The van der Waals surface area contributed by atoms with Crippen LogP contribution in [0, 0.1) is 6.92 Å². The number of aromatic amines is 1. The molecule has 0 atom stereocenters. The van der Waals surface area contributed by atoms with E-state index in [0.717, 1.165) is 58.5 Å². The first kappa shape index (κ1) is 26.3. The number of hydrogen-bond acceptors (Lipinski definition) is 5. The Kier molecular flexibility index (Phi) is 7.28. The monoisotopic (exact) mass is 521 g/mol. The van der Waals surface area contributed by atoms with Gasteiger partial charge in [0.1, 0.15) is 0 Å². The van der Waals surface area contributed by atoms with E-state index < -0.39 is 0 Å². The second-order valence-electron chi connectivity index (χ2n) is 11.1. The van der Waals surface area contributed by atoms with Crippen molar-refractivity contribution in [1.29, 1.82) is 0 Å². The summed E-state index contributed by atoms with van der Waals surface area (Å²) >= 11 is 0. The van der Waals surface area contributed by atoms with Crippen LogP contribution in [0.1, 0.15) is 62.9 Å². The van der Waals surface area contributed by atoms with Gasteiger partial charge in [-0.15, -0.1) is 5.10 Å². The topological polar surface area (TPSA) is 94.3 Å². The van der Waals surface area contributed by atoms with Crippen molar-refractivity contribution in [3.05, 3.63) is 100.0 Å². The summed E-state index contributed by atoms with van der Waals surface area (Å²) in [6.45, 7) is 11.4. The molecule has 0 radical (unpaired) electrons. The summed E-state index contributed by atoms with van der Waals surface area (Å²) in [6.07, 6.45) is 8.53. The van der Waals surface area contributed by atoms with Gasteiger partial charge >= 0.3 is 5.69 Å². The number of imidazole rings is 1. The number of H-pyrrole nitrogens is 1. The quantitative estimate of drug-likeness (QED) is 0.275. The van der Waals surface area contributed by atoms with Crippen LogP contribution >= 0.6 is 0 Å². The Morgan fingerprint density at radius 2 is 1.79 bits per heavy atom. The number of unbranched alkanes of at least 4 members (excludes halogenated alkanes) is 1. The first-order valence-electron chi connectivity index (χ1n) is 13.5. The van der Waals surface area contributed by atoms with Crippen LogP contribution in [0.2, 0.25) is 0 Å². The molecule has 8 nitrogen and oxygen atoms in total. The van der Waals surface area contributed by atoms with E-state index in [1.54, 1.807) is 12.4 Å². The lowest BCUT2D eigenvalue weighted by molar-refractivity contribution is 0.583. The van der Waals surface area contributed by atoms with Crippen LogP contribution in [0.25, 0.3) is 28.2 Å². The number of pyridine rings is 1. The lowest BCUT2D eigenvalue weighted by atomic mass is 9.84. The van der Waals surface area contributed by atoms with Crippen LogP contribution in [-0.4, -0.2) is 34.7 Å². The zero-order valence-corrected chi connectivity index (χ0v) is 23.3. The first-order chi connectivity index (χ1) is 18.8. The zero-order chi connectivity index (χ0) is 27.6. The molecule has 5 rings (SSSR count). The highest BCUT2D eigenvalue weighted by Gasteiger charge is 2.23. The average molecular weight is 522 g/mol. The molecule has 0 bridgehead atoms. The molecule has 0 aliphatic heterocycles. The summed E-state index contributed by atoms with van der Waals surface area (Å²) in [5, 5.41) is 14.3. The lowest BCUT2D eigenvalue weighted by Crippen LogP contribution is -2.27. The fourth-order valence-corrected chi connectivity index (χ4v) is 5.08. The summed E-state index contributed by atoms with van der Waals surface area (Å²) < 4.78 is 3.80. The van der Waals surface area contributed by atoms with Crippen LogP contribution in [0.3, 0.4) is 0 Å². The van der Waals surface area contributed by atoms with Crippen molar-refractivity contribution in [1.82, 2.24) is 34.7 Å². The number of aryl methyl sites for hydroxylation is 2. The average Bonchev–Trinajstić information content (AvgIpc) is 3.56. The Morgan fingerprint density at radius 1 is 1.00 bits per heavy atom. The molecule has 1 N–H and O–H groups in total. The van der Waals surface area contributed by atoms with E-state index in [0.29, 0.717) is 12.4 Å². The van der Waals surface area contributed by atoms with Gasteiger partial charge < -0.3 is 0 Å². The van der Waals surface area contributed by atoms with Gasteiger partial charge in [-0.1, -0.05) is 76.6 Å². The molecule has 0 saturated heterocycles. The maximum atomic E-state index is 14.0. The number of benzene rings is 2. The molecule has 0 saturated carbocycles. The van der Waals surface area contributed by atoms with Gasteiger partial charge in [-0.2, -0.15) is 0 Å². The van der Waals surface area contributed by atoms with Crippen molar-refractivity contribution in [2.24, 2.45) is 0 Å². The molecule has 0 spiro atoms. The molecule has 39 heavy (non-hydrogen) atoms. The van der Waals surface area contributed by atoms with Crippen LogP contribution in [0.4, 0.5) is 0 Å². The fraction of sp³-hybridized carbons (Fsp3) is 0.323. The summed E-state index contributed by atoms with van der Waals surface area (Å²) in [5.74, 6) is 0.571. The van der Waals surface area contributed by atoms with E-state index in [2.05, 4.69) is 109 Å². The molecular formula is C31H35N7O. The van der Waals surface area contributed by atoms with Gasteiger partial charge in [0.05, 0.1) is 12.2 Å². The van der Waals surface area contributed by atoms with Crippen molar-refractivity contribution >= 4 is 0 Å². The molecule has 0 unspecified atom stereocenters. The van der Waals surface area contributed by atoms with Gasteiger partial charge in [-0.25, -0.2) is 9.89 Å². The lowest BCUT2D eigenvalue weighted by Gasteiger charge is -2.24. The minimum Gasteiger partial charge on any atom is -0.292 e. The van der Waals surface area contributed by atoms with Crippen LogP contribution < -0.4 is 5.69 Å². The summed E-state index contributed by atoms with van der Waals surface area (Å²) in [5.41, 5.74) is 8.14. The van der Waals surface area contributed by atoms with Crippen LogP contribution in [-0.2, 0) is 18.4 Å². The van der Waals surface area contributed by atoms with Gasteiger partial charge in [0, 0.05) is 29.8 Å². The molecular weight excluding hydrogens is 486 g/mol. The Balaban J connectivity index is 1.52. The maximum absolute atomic E-state index is 14.0. The van der Waals surface area contributed by atoms with Crippen molar-refractivity contribution in [3.63, 3.8) is 0 Å². The largest absolute Gasteiger partial charge is 0.333 e. The van der Waals surface area contributed by atoms with Crippen molar-refractivity contribution in [2.75, 3.05) is 0 Å². The molecule has 0 aliphatic carbocycles. The predicted molar refractivity (Wildman–Crippen MR) is 154 cm³/mol. The third-order valence-electron chi connectivity index (χ3n) is 7.16. The van der Waals surface area contributed by atoms with Gasteiger partial charge in [0.2, 0.25) is 0 Å². The summed E-state index contributed by atoms with van der Waals surface area (Å²) in [6, 6.07) is 16.6. The molecule has 0 amide bonds. The first-order valence-corrected chi connectivity index (χ1v) is 13.5. The standard InChI is InChI=1S/C31H35N7O/c1-6-7-10-24-20-38(28-21(2)9-8-11-27(28)31(3,4)5)30(39)37(24)19-22-12-14-23(15-13-22)25-16-17-32-18-26(25)29-33-35-36-34-29/h8-9,11-18,20H,6-7,10,19H2,1-5H3,(H,33,34,35,36). The van der Waals surface area contributed by atoms with Crippen molar-refractivity contribution < 1.29 is 0 Å². The second-order valence-corrected chi connectivity index (χ2v) is 11.1. The minimum absolute atomic E-state index is 0.000723. The molecule has 0 aliphatic rings. The molecule has 200 valence electrons. The van der Waals surface area contributed by atoms with E-state index in [1.807, 2.05) is 15.2 Å². The van der Waals surface area contributed by atoms with E-state index in [4.69, 9.17) is 0 Å². The third kappa shape index (κ3) is 5.32. The number of hydrogen-bond donors (Lipinski definition) is 1. The van der Waals surface area contributed by atoms with Crippen LogP contribution in [0.5, 0.6) is 0 Å². The second kappa shape index (κ2) is 10.8. The van der Waals surface area contributed by atoms with E-state index in [1.165, 1.54) is 5.56 Å². The van der Waals surface area contributed by atoms with Crippen molar-refractivity contribution in [2.45, 2.75) is 65.8 Å². The number of rotatable bonds is 8. The summed E-state index contributed by atoms with van der Waals surface area (Å²) in [4.78, 5) is 18.2. The SMILES string of the molecule is CCCCc1cn(-c2c(C)cccc2C(C)(C)C)c(=O)n1Cc1ccc(-c2ccncc2-c2nnn[nH]2)cc1. The molecule has 5 aromatic rings. The molecule has 0 fully saturated rings. The number of para-hydroxylation sites is 1. The van der Waals surface area contributed by atoms with Gasteiger partial charge in [-0.05, 0) is 69.5 Å². The van der Waals surface area contributed by atoms with E-state index in [9.17, 15) is 4.79 Å². The molecule has 3 aromatic heterocycles. The third-order valence-corrected chi connectivity index (χ3v) is 7.16. The minimum atomic E-state index is -0.0874. The highest BCUT2D eigenvalue weighted by atomic mass is 16.1.